The fraction of sp³-hybridized carbons (Fsp3) is 0.188. The van der Waals surface area contributed by atoms with E-state index in [1.807, 2.05) is 31.2 Å². The van der Waals surface area contributed by atoms with E-state index >= 15 is 0 Å². The number of amides is 1. The van der Waals surface area contributed by atoms with Crippen LogP contribution in [0.5, 0.6) is 0 Å². The van der Waals surface area contributed by atoms with Crippen molar-refractivity contribution in [3.05, 3.63) is 63.9 Å². The zero-order valence-electron chi connectivity index (χ0n) is 11.6. The van der Waals surface area contributed by atoms with Crippen molar-refractivity contribution in [2.75, 3.05) is 5.73 Å². The number of nitrogens with one attached hydrogen (secondary N) is 1. The highest BCUT2D eigenvalue weighted by Crippen LogP contribution is 2.14. The van der Waals surface area contributed by atoms with E-state index in [-0.39, 0.29) is 11.6 Å². The van der Waals surface area contributed by atoms with Gasteiger partial charge in [-0.1, -0.05) is 28.1 Å². The number of benzene rings is 2. The number of hydrogen-bond donors (Lipinski definition) is 2. The first-order chi connectivity index (χ1) is 9.95. The predicted octanol–water partition coefficient (Wildman–Crippen LogP) is 3.53. The Morgan fingerprint density at radius 1 is 1.29 bits per heavy atom. The van der Waals surface area contributed by atoms with Crippen molar-refractivity contribution in [3.63, 3.8) is 0 Å². The van der Waals surface area contributed by atoms with E-state index in [1.54, 1.807) is 0 Å². The average Bonchev–Trinajstić information content (AvgIpc) is 2.41. The van der Waals surface area contributed by atoms with E-state index in [0.29, 0.717) is 12.1 Å². The molecule has 110 valence electrons. The molecule has 0 spiro atoms. The van der Waals surface area contributed by atoms with E-state index in [2.05, 4.69) is 21.2 Å². The molecule has 1 amide bonds. The van der Waals surface area contributed by atoms with E-state index in [4.69, 9.17) is 5.73 Å². The maximum Gasteiger partial charge on any atom is 0.254 e. The van der Waals surface area contributed by atoms with E-state index in [9.17, 15) is 9.18 Å². The molecule has 5 heteroatoms. The van der Waals surface area contributed by atoms with Crippen LogP contribution in [0.2, 0.25) is 0 Å². The SMILES string of the molecule is CC(Cc1ccc(Br)cc1)NC(=O)c1ccc(N)cc1F. The standard InChI is InChI=1S/C16H16BrFN2O/c1-10(8-11-2-4-12(17)5-3-11)20-16(21)14-7-6-13(19)9-15(14)18/h2-7,9-10H,8,19H2,1H3,(H,20,21). The highest BCUT2D eigenvalue weighted by molar-refractivity contribution is 9.10. The van der Waals surface area contributed by atoms with Crippen LogP contribution < -0.4 is 11.1 Å². The van der Waals surface area contributed by atoms with E-state index in [0.717, 1.165) is 16.1 Å². The number of nitrogens with two attached hydrogens (primary N) is 1. The van der Waals surface area contributed by atoms with Crippen molar-refractivity contribution in [2.24, 2.45) is 0 Å². The van der Waals surface area contributed by atoms with Crippen LogP contribution in [-0.2, 0) is 6.42 Å². The normalized spacial score (nSPS) is 12.0. The maximum atomic E-state index is 13.7. The summed E-state index contributed by atoms with van der Waals surface area (Å²) in [4.78, 5) is 12.0. The molecular weight excluding hydrogens is 335 g/mol. The van der Waals surface area contributed by atoms with Gasteiger partial charge in [-0.05, 0) is 49.2 Å². The second kappa shape index (κ2) is 6.72. The minimum Gasteiger partial charge on any atom is -0.399 e. The fourth-order valence-electron chi connectivity index (χ4n) is 2.04. The van der Waals surface area contributed by atoms with Gasteiger partial charge in [-0.2, -0.15) is 0 Å². The Labute approximate surface area is 131 Å². The van der Waals surface area contributed by atoms with Gasteiger partial charge in [0, 0.05) is 16.2 Å². The number of carbonyl (C=O) groups is 1. The third-order valence-electron chi connectivity index (χ3n) is 3.07. The molecule has 0 heterocycles. The van der Waals surface area contributed by atoms with Gasteiger partial charge in [0.1, 0.15) is 5.82 Å². The largest absolute Gasteiger partial charge is 0.399 e. The van der Waals surface area contributed by atoms with Gasteiger partial charge in [-0.15, -0.1) is 0 Å². The smallest absolute Gasteiger partial charge is 0.254 e. The molecule has 0 bridgehead atoms. The summed E-state index contributed by atoms with van der Waals surface area (Å²) < 4.78 is 14.7. The Morgan fingerprint density at radius 3 is 2.57 bits per heavy atom. The maximum absolute atomic E-state index is 13.7. The number of rotatable bonds is 4. The summed E-state index contributed by atoms with van der Waals surface area (Å²) in [5, 5.41) is 2.79. The van der Waals surface area contributed by atoms with Crippen LogP contribution in [0.3, 0.4) is 0 Å². The van der Waals surface area contributed by atoms with Crippen molar-refractivity contribution in [1.82, 2.24) is 5.32 Å². The molecule has 0 aromatic heterocycles. The van der Waals surface area contributed by atoms with Gasteiger partial charge in [-0.25, -0.2) is 4.39 Å². The van der Waals surface area contributed by atoms with Crippen LogP contribution in [0.15, 0.2) is 46.9 Å². The summed E-state index contributed by atoms with van der Waals surface area (Å²) in [6.45, 7) is 1.88. The molecule has 1 unspecified atom stereocenters. The molecule has 21 heavy (non-hydrogen) atoms. The number of nitrogen functional groups attached to an aromatic ring is 1. The van der Waals surface area contributed by atoms with Gasteiger partial charge in [-0.3, -0.25) is 4.79 Å². The van der Waals surface area contributed by atoms with Gasteiger partial charge < -0.3 is 11.1 Å². The van der Waals surface area contributed by atoms with Gasteiger partial charge in [0.05, 0.1) is 5.56 Å². The van der Waals surface area contributed by atoms with Crippen LogP contribution in [0.4, 0.5) is 10.1 Å². The van der Waals surface area contributed by atoms with Gasteiger partial charge >= 0.3 is 0 Å². The minimum absolute atomic E-state index is 0.00635. The molecular formula is C16H16BrFN2O. The zero-order chi connectivity index (χ0) is 15.4. The Balaban J connectivity index is 2.00. The van der Waals surface area contributed by atoms with Gasteiger partial charge in [0.2, 0.25) is 0 Å². The fourth-order valence-corrected chi connectivity index (χ4v) is 2.31. The molecule has 0 aliphatic rings. The second-order valence-corrected chi connectivity index (χ2v) is 5.86. The predicted molar refractivity (Wildman–Crippen MR) is 85.6 cm³/mol. The number of carbonyl (C=O) groups excluding carboxylic acids is 1. The number of anilines is 1. The van der Waals surface area contributed by atoms with Crippen LogP contribution in [0.25, 0.3) is 0 Å². The molecule has 2 aromatic rings. The van der Waals surface area contributed by atoms with Gasteiger partial charge in [0.25, 0.3) is 5.91 Å². The highest BCUT2D eigenvalue weighted by atomic mass is 79.9. The van der Waals surface area contributed by atoms with Gasteiger partial charge in [0.15, 0.2) is 0 Å². The first kappa shape index (κ1) is 15.5. The first-order valence-electron chi connectivity index (χ1n) is 6.56. The lowest BCUT2D eigenvalue weighted by atomic mass is 10.1. The van der Waals surface area contributed by atoms with Crippen LogP contribution >= 0.6 is 15.9 Å². The Kier molecular flexibility index (Phi) is 4.96. The summed E-state index contributed by atoms with van der Waals surface area (Å²) >= 11 is 3.37. The van der Waals surface area contributed by atoms with Crippen molar-refractivity contribution in [1.29, 1.82) is 0 Å². The first-order valence-corrected chi connectivity index (χ1v) is 7.35. The molecule has 0 radical (unpaired) electrons. The lowest BCUT2D eigenvalue weighted by Gasteiger charge is -2.14. The highest BCUT2D eigenvalue weighted by Gasteiger charge is 2.14. The molecule has 3 nitrogen and oxygen atoms in total. The molecule has 1 atom stereocenters. The quantitative estimate of drug-likeness (QED) is 0.828. The molecule has 2 aromatic carbocycles. The average molecular weight is 351 g/mol. The molecule has 0 saturated heterocycles. The third-order valence-corrected chi connectivity index (χ3v) is 3.60. The second-order valence-electron chi connectivity index (χ2n) is 4.94. The topological polar surface area (TPSA) is 55.1 Å². The van der Waals surface area contributed by atoms with E-state index < -0.39 is 11.7 Å². The van der Waals surface area contributed by atoms with Crippen molar-refractivity contribution >= 4 is 27.5 Å². The monoisotopic (exact) mass is 350 g/mol. The van der Waals surface area contributed by atoms with Crippen LogP contribution in [0, 0.1) is 5.82 Å². The molecule has 2 rings (SSSR count). The summed E-state index contributed by atoms with van der Waals surface area (Å²) in [7, 11) is 0. The van der Waals surface area contributed by atoms with Crippen LogP contribution in [0.1, 0.15) is 22.8 Å². The molecule has 0 aliphatic heterocycles. The summed E-state index contributed by atoms with van der Waals surface area (Å²) in [5.74, 6) is -1.04. The number of halogens is 2. The zero-order valence-corrected chi connectivity index (χ0v) is 13.2. The lowest BCUT2D eigenvalue weighted by Crippen LogP contribution is -2.34. The Hall–Kier alpha value is -1.88. The summed E-state index contributed by atoms with van der Waals surface area (Å²) in [6, 6.07) is 11.8. The summed E-state index contributed by atoms with van der Waals surface area (Å²) in [6.07, 6.45) is 0.676. The minimum atomic E-state index is -0.608. The van der Waals surface area contributed by atoms with Crippen LogP contribution in [-0.4, -0.2) is 11.9 Å². The van der Waals surface area contributed by atoms with Crippen molar-refractivity contribution in [3.8, 4) is 0 Å². The van der Waals surface area contributed by atoms with Crippen molar-refractivity contribution in [2.45, 2.75) is 19.4 Å². The molecule has 3 N–H and O–H groups in total. The van der Waals surface area contributed by atoms with Crippen molar-refractivity contribution < 1.29 is 9.18 Å². The molecule has 0 fully saturated rings. The molecule has 0 aliphatic carbocycles. The van der Waals surface area contributed by atoms with E-state index in [1.165, 1.54) is 12.1 Å². The lowest BCUT2D eigenvalue weighted by molar-refractivity contribution is 0.0936. The third kappa shape index (κ3) is 4.29. The number of hydrogen-bond acceptors (Lipinski definition) is 2. The molecule has 0 saturated carbocycles. The Morgan fingerprint density at radius 2 is 1.95 bits per heavy atom. The Bertz CT molecular complexity index is 643. The summed E-state index contributed by atoms with van der Waals surface area (Å²) in [5.41, 5.74) is 6.87.